The zero-order valence-corrected chi connectivity index (χ0v) is 9.79. The number of hydrogen-bond donors (Lipinski definition) is 2. The van der Waals surface area contributed by atoms with E-state index in [4.69, 9.17) is 11.6 Å². The van der Waals surface area contributed by atoms with E-state index >= 15 is 0 Å². The molecule has 16 heavy (non-hydrogen) atoms. The average Bonchev–Trinajstić information content (AvgIpc) is 2.17. The second-order valence-corrected chi connectivity index (χ2v) is 5.02. The summed E-state index contributed by atoms with van der Waals surface area (Å²) < 4.78 is 22.6. The second kappa shape index (κ2) is 5.01. The number of nitrogens with one attached hydrogen (secondary N) is 1. The Morgan fingerprint density at radius 2 is 2.12 bits per heavy atom. The predicted octanol–water partition coefficient (Wildman–Crippen LogP) is 1.16. The van der Waals surface area contributed by atoms with Crippen LogP contribution in [0.5, 0.6) is 0 Å². The lowest BCUT2D eigenvalue weighted by atomic mass is 10.2. The van der Waals surface area contributed by atoms with Crippen molar-refractivity contribution in [2.45, 2.75) is 24.3 Å². The van der Waals surface area contributed by atoms with Crippen molar-refractivity contribution in [3.63, 3.8) is 0 Å². The Morgan fingerprint density at radius 3 is 2.69 bits per heavy atom. The van der Waals surface area contributed by atoms with Crippen molar-refractivity contribution in [3.8, 4) is 12.3 Å². The van der Waals surface area contributed by atoms with Crippen LogP contribution in [0.25, 0.3) is 0 Å². The minimum absolute atomic E-state index is 0.00657. The minimum Gasteiger partial charge on any atom is -0.381 e. The Morgan fingerprint density at radius 1 is 1.50 bits per heavy atom. The van der Waals surface area contributed by atoms with Crippen LogP contribution < -0.4 is 10.5 Å². The second-order valence-electron chi connectivity index (χ2n) is 3.49. The molecule has 0 saturated carbocycles. The summed E-state index contributed by atoms with van der Waals surface area (Å²) in [5, 5.41) is 8.12. The molecule has 4 nitrogen and oxygen atoms in total. The van der Waals surface area contributed by atoms with E-state index in [1.54, 1.807) is 18.2 Å². The van der Waals surface area contributed by atoms with Crippen LogP contribution in [0.4, 0.5) is 5.69 Å². The van der Waals surface area contributed by atoms with Crippen molar-refractivity contribution < 1.29 is 8.42 Å². The molecule has 0 aliphatic carbocycles. The first kappa shape index (κ1) is 12.6. The molecule has 1 atom stereocenters. The van der Waals surface area contributed by atoms with Gasteiger partial charge in [-0.3, -0.25) is 0 Å². The molecule has 0 saturated heterocycles. The first-order valence-electron chi connectivity index (χ1n) is 4.77. The lowest BCUT2D eigenvalue weighted by Crippen LogP contribution is -2.19. The molecular formula is C11H14N2O2S. The van der Waals surface area contributed by atoms with Gasteiger partial charge in [0.2, 0.25) is 10.0 Å². The summed E-state index contributed by atoms with van der Waals surface area (Å²) in [5.41, 5.74) is 0.479. The molecule has 0 aromatic heterocycles. The van der Waals surface area contributed by atoms with Gasteiger partial charge in [0.05, 0.1) is 5.69 Å². The van der Waals surface area contributed by atoms with E-state index in [0.717, 1.165) is 0 Å². The first-order valence-corrected chi connectivity index (χ1v) is 6.31. The van der Waals surface area contributed by atoms with Crippen molar-refractivity contribution >= 4 is 15.7 Å². The molecule has 3 N–H and O–H groups in total. The molecule has 1 aromatic rings. The molecule has 0 heterocycles. The summed E-state index contributed by atoms with van der Waals surface area (Å²) in [6.45, 7) is 1.87. The number of nitrogens with two attached hydrogens (primary N) is 1. The van der Waals surface area contributed by atoms with Gasteiger partial charge in [0.15, 0.2) is 0 Å². The van der Waals surface area contributed by atoms with E-state index in [-0.39, 0.29) is 10.9 Å². The van der Waals surface area contributed by atoms with Gasteiger partial charge in [-0.05, 0) is 19.1 Å². The third-order valence-corrected chi connectivity index (χ3v) is 2.99. The number of hydrogen-bond acceptors (Lipinski definition) is 3. The maximum atomic E-state index is 11.3. The molecule has 0 aliphatic rings. The van der Waals surface area contributed by atoms with Gasteiger partial charge in [-0.15, -0.1) is 12.3 Å². The Labute approximate surface area is 95.9 Å². The van der Waals surface area contributed by atoms with Gasteiger partial charge in [0.1, 0.15) is 4.90 Å². The smallest absolute Gasteiger partial charge is 0.240 e. The van der Waals surface area contributed by atoms with Gasteiger partial charge in [-0.1, -0.05) is 12.1 Å². The highest BCUT2D eigenvalue weighted by atomic mass is 32.2. The van der Waals surface area contributed by atoms with Gasteiger partial charge in [0, 0.05) is 12.5 Å². The van der Waals surface area contributed by atoms with Gasteiger partial charge < -0.3 is 5.32 Å². The third-order valence-electron chi connectivity index (χ3n) is 2.02. The van der Waals surface area contributed by atoms with Crippen LogP contribution in [0.1, 0.15) is 13.3 Å². The Balaban J connectivity index is 3.02. The molecule has 0 aliphatic heterocycles. The van der Waals surface area contributed by atoms with E-state index in [9.17, 15) is 8.42 Å². The van der Waals surface area contributed by atoms with E-state index in [1.165, 1.54) is 6.07 Å². The van der Waals surface area contributed by atoms with Gasteiger partial charge >= 0.3 is 0 Å². The Hall–Kier alpha value is -1.51. The van der Waals surface area contributed by atoms with E-state index in [0.29, 0.717) is 12.1 Å². The summed E-state index contributed by atoms with van der Waals surface area (Å²) in [6, 6.07) is 6.47. The summed E-state index contributed by atoms with van der Waals surface area (Å²) in [5.74, 6) is 2.50. The van der Waals surface area contributed by atoms with Crippen LogP contribution in [0.2, 0.25) is 0 Å². The largest absolute Gasteiger partial charge is 0.381 e. The summed E-state index contributed by atoms with van der Waals surface area (Å²) in [7, 11) is -3.71. The number of benzene rings is 1. The fraction of sp³-hybridized carbons (Fsp3) is 0.273. The zero-order valence-electron chi connectivity index (χ0n) is 8.97. The molecule has 0 bridgehead atoms. The molecule has 1 aromatic carbocycles. The number of rotatable bonds is 4. The molecule has 0 radical (unpaired) electrons. The first-order chi connectivity index (χ1) is 7.45. The van der Waals surface area contributed by atoms with Crippen LogP contribution in [0.15, 0.2) is 29.2 Å². The molecule has 86 valence electrons. The SMILES string of the molecule is C#CCC(C)Nc1ccccc1S(N)(=O)=O. The summed E-state index contributed by atoms with van der Waals surface area (Å²) >= 11 is 0. The highest BCUT2D eigenvalue weighted by molar-refractivity contribution is 7.89. The van der Waals surface area contributed by atoms with Crippen LogP contribution >= 0.6 is 0 Å². The molecule has 0 spiro atoms. The van der Waals surface area contributed by atoms with Gasteiger partial charge in [-0.2, -0.15) is 0 Å². The van der Waals surface area contributed by atoms with Crippen molar-refractivity contribution in [2.75, 3.05) is 5.32 Å². The third kappa shape index (κ3) is 3.26. The monoisotopic (exact) mass is 238 g/mol. The van der Waals surface area contributed by atoms with E-state index in [1.807, 2.05) is 6.92 Å². The van der Waals surface area contributed by atoms with Crippen molar-refractivity contribution in [2.24, 2.45) is 5.14 Å². The number of terminal acetylenes is 1. The van der Waals surface area contributed by atoms with E-state index in [2.05, 4.69) is 11.2 Å². The highest BCUT2D eigenvalue weighted by Gasteiger charge is 2.13. The van der Waals surface area contributed by atoms with Crippen LogP contribution in [0, 0.1) is 12.3 Å². The molecule has 0 amide bonds. The Bertz CT molecular complexity index is 503. The molecule has 0 fully saturated rings. The summed E-state index contributed by atoms with van der Waals surface area (Å²) in [4.78, 5) is 0.0823. The highest BCUT2D eigenvalue weighted by Crippen LogP contribution is 2.20. The van der Waals surface area contributed by atoms with Crippen LogP contribution in [-0.4, -0.2) is 14.5 Å². The lowest BCUT2D eigenvalue weighted by Gasteiger charge is -2.15. The molecular weight excluding hydrogens is 224 g/mol. The van der Waals surface area contributed by atoms with Crippen molar-refractivity contribution in [3.05, 3.63) is 24.3 Å². The Kier molecular flexibility index (Phi) is 3.93. The van der Waals surface area contributed by atoms with Crippen molar-refractivity contribution in [1.82, 2.24) is 0 Å². The topological polar surface area (TPSA) is 72.2 Å². The fourth-order valence-corrected chi connectivity index (χ4v) is 2.03. The number of anilines is 1. The number of para-hydroxylation sites is 1. The van der Waals surface area contributed by atoms with Crippen LogP contribution in [0.3, 0.4) is 0 Å². The number of sulfonamides is 1. The fourth-order valence-electron chi connectivity index (χ4n) is 1.33. The van der Waals surface area contributed by atoms with E-state index < -0.39 is 10.0 Å². The van der Waals surface area contributed by atoms with Gasteiger partial charge in [-0.25, -0.2) is 13.6 Å². The lowest BCUT2D eigenvalue weighted by molar-refractivity contribution is 0.598. The quantitative estimate of drug-likeness (QED) is 0.773. The minimum atomic E-state index is -3.71. The molecule has 1 rings (SSSR count). The summed E-state index contributed by atoms with van der Waals surface area (Å²) in [6.07, 6.45) is 5.69. The maximum Gasteiger partial charge on any atom is 0.240 e. The molecule has 5 heteroatoms. The molecule has 1 unspecified atom stereocenters. The zero-order chi connectivity index (χ0) is 12.2. The van der Waals surface area contributed by atoms with Crippen molar-refractivity contribution in [1.29, 1.82) is 0 Å². The normalized spacial score (nSPS) is 12.8. The number of primary sulfonamides is 1. The standard InChI is InChI=1S/C11H14N2O2S/c1-3-6-9(2)13-10-7-4-5-8-11(10)16(12,14)15/h1,4-5,7-9,13H,6H2,2H3,(H2,12,14,15). The van der Waals surface area contributed by atoms with Crippen LogP contribution in [-0.2, 0) is 10.0 Å². The maximum absolute atomic E-state index is 11.3. The predicted molar refractivity (Wildman–Crippen MR) is 64.3 cm³/mol. The average molecular weight is 238 g/mol. The van der Waals surface area contributed by atoms with Gasteiger partial charge in [0.25, 0.3) is 0 Å².